The molecule has 1 N–H and O–H groups in total. The van der Waals surface area contributed by atoms with Gasteiger partial charge in [0.05, 0.1) is 22.8 Å². The molecule has 33 heavy (non-hydrogen) atoms. The molecular formula is C23H27ClN6O2S. The van der Waals surface area contributed by atoms with Crippen LogP contribution in [0.15, 0.2) is 35.5 Å². The van der Waals surface area contributed by atoms with Gasteiger partial charge in [-0.05, 0) is 80.9 Å². The summed E-state index contributed by atoms with van der Waals surface area (Å²) in [7, 11) is 1.84. The van der Waals surface area contributed by atoms with Crippen molar-refractivity contribution in [1.29, 1.82) is 0 Å². The molecule has 0 atom stereocenters. The number of hydrogen-bond donors (Lipinski definition) is 1. The number of carbonyl (C=O) groups is 1. The summed E-state index contributed by atoms with van der Waals surface area (Å²) in [6.07, 6.45) is 10.3. The lowest BCUT2D eigenvalue weighted by atomic mass is 9.95. The summed E-state index contributed by atoms with van der Waals surface area (Å²) >= 11 is 7.52. The molecule has 2 saturated carbocycles. The molecule has 3 aromatic heterocycles. The predicted octanol–water partition coefficient (Wildman–Crippen LogP) is 4.60. The molecule has 3 heterocycles. The fraction of sp³-hybridized carbons (Fsp3) is 0.478. The molecule has 0 saturated heterocycles. The number of pyridine rings is 1. The minimum absolute atomic E-state index is 0.114. The fourth-order valence-corrected chi connectivity index (χ4v) is 5.21. The Kier molecular flexibility index (Phi) is 6.34. The van der Waals surface area contributed by atoms with Crippen molar-refractivity contribution in [2.24, 2.45) is 24.8 Å². The summed E-state index contributed by atoms with van der Waals surface area (Å²) in [5.41, 5.74) is 1.14. The molecule has 0 radical (unpaired) electrons. The lowest BCUT2D eigenvalue weighted by Crippen LogP contribution is -2.17. The van der Waals surface area contributed by atoms with Crippen LogP contribution in [0.5, 0.6) is 5.88 Å². The number of hydrogen-bond acceptors (Lipinski definition) is 6. The van der Waals surface area contributed by atoms with Crippen molar-refractivity contribution in [1.82, 2.24) is 29.3 Å². The Morgan fingerprint density at radius 2 is 2.00 bits per heavy atom. The second kappa shape index (κ2) is 9.38. The number of amides is 1. The fourth-order valence-electron chi connectivity index (χ4n) is 4.27. The number of nitrogens with zero attached hydrogens (tertiary/aromatic N) is 5. The van der Waals surface area contributed by atoms with Crippen molar-refractivity contribution in [3.05, 3.63) is 47.0 Å². The van der Waals surface area contributed by atoms with E-state index in [0.29, 0.717) is 23.9 Å². The Labute approximate surface area is 202 Å². The second-order valence-corrected chi connectivity index (χ2v) is 10.1. The van der Waals surface area contributed by atoms with Crippen LogP contribution in [0.4, 0.5) is 0 Å². The number of halogens is 1. The van der Waals surface area contributed by atoms with Gasteiger partial charge in [-0.2, -0.15) is 5.10 Å². The summed E-state index contributed by atoms with van der Waals surface area (Å²) < 4.78 is 12.0. The van der Waals surface area contributed by atoms with Crippen LogP contribution in [-0.2, 0) is 7.05 Å². The average molecular weight is 487 g/mol. The van der Waals surface area contributed by atoms with E-state index in [1.165, 1.54) is 37.6 Å². The monoisotopic (exact) mass is 486 g/mol. The second-order valence-electron chi connectivity index (χ2n) is 8.87. The topological polar surface area (TPSA) is 86.9 Å². The normalized spacial score (nSPS) is 15.8. The van der Waals surface area contributed by atoms with E-state index in [-0.39, 0.29) is 11.1 Å². The Hall–Kier alpha value is -2.52. The summed E-state index contributed by atoms with van der Waals surface area (Å²) in [6.45, 7) is 2.58. The highest BCUT2D eigenvalue weighted by Gasteiger charge is 2.40. The molecule has 2 fully saturated rings. The smallest absolute Gasteiger partial charge is 0.264 e. The van der Waals surface area contributed by atoms with E-state index in [9.17, 15) is 4.79 Å². The molecule has 1 amide bonds. The van der Waals surface area contributed by atoms with E-state index in [1.807, 2.05) is 26.2 Å². The predicted molar refractivity (Wildman–Crippen MR) is 127 cm³/mol. The molecule has 0 aliphatic heterocycles. The standard InChI is InChI=1S/C23H27ClN6O2S/c1-14-19(13-29(2)26-14)33-28-23(31)18-7-8-20(25-22(18)24)30-11-9-21(27-30)32-12-10-17(15-3-4-15)16-5-6-16/h7-9,11,13,15-17H,3-6,10,12H2,1-2H3,(H,28,31). The Balaban J connectivity index is 1.17. The molecule has 8 nitrogen and oxygen atoms in total. The van der Waals surface area contributed by atoms with Crippen LogP contribution < -0.4 is 9.46 Å². The van der Waals surface area contributed by atoms with Crippen molar-refractivity contribution < 1.29 is 9.53 Å². The minimum atomic E-state index is -0.322. The molecule has 0 bridgehead atoms. The zero-order chi connectivity index (χ0) is 22.9. The minimum Gasteiger partial charge on any atom is -0.477 e. The molecule has 2 aliphatic rings. The maximum absolute atomic E-state index is 12.6. The van der Waals surface area contributed by atoms with Crippen molar-refractivity contribution in [2.75, 3.05) is 6.61 Å². The van der Waals surface area contributed by atoms with Crippen molar-refractivity contribution >= 4 is 29.5 Å². The Morgan fingerprint density at radius 3 is 2.64 bits per heavy atom. The number of aromatic nitrogens is 5. The Morgan fingerprint density at radius 1 is 1.24 bits per heavy atom. The molecule has 0 aromatic carbocycles. The highest BCUT2D eigenvalue weighted by molar-refractivity contribution is 7.98. The summed E-state index contributed by atoms with van der Waals surface area (Å²) in [4.78, 5) is 17.8. The van der Waals surface area contributed by atoms with E-state index in [0.717, 1.165) is 34.8 Å². The number of nitrogens with one attached hydrogen (secondary N) is 1. The lowest BCUT2D eigenvalue weighted by Gasteiger charge is -2.14. The lowest BCUT2D eigenvalue weighted by molar-refractivity contribution is 0.0984. The summed E-state index contributed by atoms with van der Waals surface area (Å²) in [6, 6.07) is 5.19. The van der Waals surface area contributed by atoms with Crippen molar-refractivity contribution in [2.45, 2.75) is 43.9 Å². The van der Waals surface area contributed by atoms with Crippen LogP contribution in [-0.4, -0.2) is 37.1 Å². The average Bonchev–Trinajstić information content (AvgIpc) is 3.72. The van der Waals surface area contributed by atoms with Crippen LogP contribution in [0.1, 0.15) is 48.2 Å². The van der Waals surface area contributed by atoms with Gasteiger partial charge in [-0.3, -0.25) is 14.2 Å². The van der Waals surface area contributed by atoms with Crippen molar-refractivity contribution in [3.8, 4) is 11.7 Å². The first-order chi connectivity index (χ1) is 16.0. The zero-order valence-electron chi connectivity index (χ0n) is 18.7. The van der Waals surface area contributed by atoms with Gasteiger partial charge in [0.15, 0.2) is 5.82 Å². The number of aryl methyl sites for hydroxylation is 2. The molecule has 0 unspecified atom stereocenters. The van der Waals surface area contributed by atoms with E-state index < -0.39 is 0 Å². The zero-order valence-corrected chi connectivity index (χ0v) is 20.3. The number of rotatable bonds is 10. The van der Waals surface area contributed by atoms with Gasteiger partial charge in [0.25, 0.3) is 5.91 Å². The van der Waals surface area contributed by atoms with Gasteiger partial charge in [-0.25, -0.2) is 9.67 Å². The molecule has 3 aromatic rings. The van der Waals surface area contributed by atoms with Gasteiger partial charge in [0, 0.05) is 25.5 Å². The van der Waals surface area contributed by atoms with Gasteiger partial charge < -0.3 is 4.74 Å². The third kappa shape index (κ3) is 5.35. The van der Waals surface area contributed by atoms with Crippen LogP contribution >= 0.6 is 23.5 Å². The van der Waals surface area contributed by atoms with E-state index in [2.05, 4.69) is 19.9 Å². The molecule has 0 spiro atoms. The molecule has 10 heteroatoms. The summed E-state index contributed by atoms with van der Waals surface area (Å²) in [5.74, 6) is 3.45. The highest BCUT2D eigenvalue weighted by atomic mass is 35.5. The van der Waals surface area contributed by atoms with Gasteiger partial charge in [-0.1, -0.05) is 11.6 Å². The number of carbonyl (C=O) groups excluding carboxylic acids is 1. The maximum Gasteiger partial charge on any atom is 0.264 e. The Bertz CT molecular complexity index is 1140. The molecule has 2 aliphatic carbocycles. The van der Waals surface area contributed by atoms with Gasteiger partial charge in [0.2, 0.25) is 5.88 Å². The third-order valence-electron chi connectivity index (χ3n) is 6.26. The first-order valence-electron chi connectivity index (χ1n) is 11.3. The highest BCUT2D eigenvalue weighted by Crippen LogP contribution is 2.50. The van der Waals surface area contributed by atoms with Gasteiger partial charge in [0.1, 0.15) is 5.15 Å². The van der Waals surface area contributed by atoms with E-state index >= 15 is 0 Å². The third-order valence-corrected chi connectivity index (χ3v) is 7.45. The van der Waals surface area contributed by atoms with E-state index in [4.69, 9.17) is 16.3 Å². The summed E-state index contributed by atoms with van der Waals surface area (Å²) in [5, 5.41) is 8.84. The van der Waals surface area contributed by atoms with E-state index in [1.54, 1.807) is 27.7 Å². The van der Waals surface area contributed by atoms with Crippen LogP contribution in [0.25, 0.3) is 5.82 Å². The quantitative estimate of drug-likeness (QED) is 0.333. The molecule has 174 valence electrons. The van der Waals surface area contributed by atoms with Gasteiger partial charge >= 0.3 is 0 Å². The van der Waals surface area contributed by atoms with Crippen LogP contribution in [0, 0.1) is 24.7 Å². The first-order valence-corrected chi connectivity index (χ1v) is 12.5. The van der Waals surface area contributed by atoms with Crippen molar-refractivity contribution in [3.63, 3.8) is 0 Å². The molecular weight excluding hydrogens is 460 g/mol. The maximum atomic E-state index is 12.6. The number of ether oxygens (including phenoxy) is 1. The molecule has 5 rings (SSSR count). The van der Waals surface area contributed by atoms with Crippen LogP contribution in [0.3, 0.4) is 0 Å². The van der Waals surface area contributed by atoms with Gasteiger partial charge in [-0.15, -0.1) is 5.10 Å². The van der Waals surface area contributed by atoms with Crippen LogP contribution in [0.2, 0.25) is 5.15 Å². The first kappa shape index (κ1) is 22.3. The SMILES string of the molecule is Cc1nn(C)cc1SNC(=O)c1ccc(-n2ccc(OCCC(C3CC3)C3CC3)n2)nc1Cl. The largest absolute Gasteiger partial charge is 0.477 e.